The maximum Gasteiger partial charge on any atom is 0.226 e. The molecule has 2 fully saturated rings. The minimum absolute atomic E-state index is 0.169. The number of hydrogen-bond donors (Lipinski definition) is 1. The van der Waals surface area contributed by atoms with E-state index < -0.39 is 0 Å². The second-order valence-electron chi connectivity index (χ2n) is 7.75. The Morgan fingerprint density at radius 2 is 1.88 bits per heavy atom. The second kappa shape index (κ2) is 8.68. The molecule has 1 aliphatic heterocycles. The van der Waals surface area contributed by atoms with Crippen LogP contribution in [0.5, 0.6) is 0 Å². The monoisotopic (exact) mass is 332 g/mol. The van der Waals surface area contributed by atoms with Crippen molar-refractivity contribution in [1.82, 2.24) is 10.2 Å². The quantitative estimate of drug-likeness (QED) is 0.753. The molecule has 0 aromatic rings. The fourth-order valence-electron chi connectivity index (χ4n) is 4.60. The molecule has 24 heavy (non-hydrogen) atoms. The molecule has 1 unspecified atom stereocenters. The van der Waals surface area contributed by atoms with E-state index in [0.29, 0.717) is 31.2 Å². The van der Waals surface area contributed by atoms with Gasteiger partial charge in [-0.25, -0.2) is 0 Å². The third-order valence-electron chi connectivity index (χ3n) is 5.91. The Morgan fingerprint density at radius 1 is 1.08 bits per heavy atom. The zero-order valence-electron chi connectivity index (χ0n) is 14.9. The van der Waals surface area contributed by atoms with Crippen LogP contribution in [0.15, 0.2) is 11.8 Å². The van der Waals surface area contributed by atoms with Crippen molar-refractivity contribution in [2.45, 2.75) is 77.0 Å². The molecule has 0 aromatic carbocycles. The van der Waals surface area contributed by atoms with Crippen LogP contribution in [-0.2, 0) is 9.59 Å². The van der Waals surface area contributed by atoms with Gasteiger partial charge in [-0.15, -0.1) is 0 Å². The second-order valence-corrected chi connectivity index (χ2v) is 7.75. The van der Waals surface area contributed by atoms with Gasteiger partial charge in [-0.05, 0) is 63.2 Å². The molecule has 1 saturated heterocycles. The Hall–Kier alpha value is -1.32. The first-order valence-electron chi connectivity index (χ1n) is 10.0. The highest BCUT2D eigenvalue weighted by Gasteiger charge is 2.29. The van der Waals surface area contributed by atoms with Gasteiger partial charge < -0.3 is 10.2 Å². The molecule has 4 heteroatoms. The average molecular weight is 332 g/mol. The summed E-state index contributed by atoms with van der Waals surface area (Å²) in [7, 11) is 0. The molecular formula is C20H32N2O2. The van der Waals surface area contributed by atoms with Gasteiger partial charge in [0.2, 0.25) is 11.8 Å². The molecule has 1 heterocycles. The van der Waals surface area contributed by atoms with Gasteiger partial charge >= 0.3 is 0 Å². The van der Waals surface area contributed by atoms with Crippen molar-refractivity contribution < 1.29 is 9.59 Å². The number of carbonyl (C=O) groups excluding carboxylic acids is 2. The topological polar surface area (TPSA) is 49.4 Å². The highest BCUT2D eigenvalue weighted by Crippen LogP contribution is 2.35. The standard InChI is InChI=1S/C20H32N2O2/c23-19(15-16-7-1-2-8-16)21-13-5-12-20(24)22-14-6-10-17-9-3-4-11-18(17)22/h11,16-17H,1-10,12-15H2,(H,21,23). The summed E-state index contributed by atoms with van der Waals surface area (Å²) < 4.78 is 0. The van der Waals surface area contributed by atoms with E-state index in [1.54, 1.807) is 0 Å². The minimum Gasteiger partial charge on any atom is -0.356 e. The Labute approximate surface area is 146 Å². The molecule has 1 N–H and O–H groups in total. The van der Waals surface area contributed by atoms with E-state index in [0.717, 1.165) is 25.8 Å². The lowest BCUT2D eigenvalue weighted by Crippen LogP contribution is -2.39. The summed E-state index contributed by atoms with van der Waals surface area (Å²) >= 11 is 0. The zero-order valence-corrected chi connectivity index (χ0v) is 14.9. The van der Waals surface area contributed by atoms with Crippen molar-refractivity contribution in [3.05, 3.63) is 11.8 Å². The number of nitrogens with zero attached hydrogens (tertiary/aromatic N) is 1. The normalized spacial score (nSPS) is 24.4. The maximum absolute atomic E-state index is 12.5. The summed E-state index contributed by atoms with van der Waals surface area (Å²) in [6, 6.07) is 0. The number of amides is 2. The number of allylic oxidation sites excluding steroid dienone is 2. The van der Waals surface area contributed by atoms with Crippen LogP contribution >= 0.6 is 0 Å². The van der Waals surface area contributed by atoms with Crippen LogP contribution in [-0.4, -0.2) is 29.8 Å². The van der Waals surface area contributed by atoms with Crippen LogP contribution in [0.1, 0.15) is 77.0 Å². The lowest BCUT2D eigenvalue weighted by Gasteiger charge is -2.38. The van der Waals surface area contributed by atoms with Crippen LogP contribution < -0.4 is 5.32 Å². The summed E-state index contributed by atoms with van der Waals surface area (Å²) in [6.45, 7) is 1.52. The van der Waals surface area contributed by atoms with Gasteiger partial charge in [0.05, 0.1) is 0 Å². The molecule has 0 radical (unpaired) electrons. The molecule has 1 atom stereocenters. The molecular weight excluding hydrogens is 300 g/mol. The first kappa shape index (κ1) is 17.5. The highest BCUT2D eigenvalue weighted by atomic mass is 16.2. The van der Waals surface area contributed by atoms with E-state index in [1.807, 2.05) is 4.90 Å². The summed E-state index contributed by atoms with van der Waals surface area (Å²) in [5.41, 5.74) is 1.29. The Balaban J connectivity index is 1.36. The lowest BCUT2D eigenvalue weighted by atomic mass is 9.85. The number of likely N-dealkylation sites (tertiary alicyclic amines) is 1. The van der Waals surface area contributed by atoms with Gasteiger partial charge in [0, 0.05) is 31.6 Å². The summed E-state index contributed by atoms with van der Waals surface area (Å²) in [4.78, 5) is 26.5. The first-order chi connectivity index (χ1) is 11.7. The van der Waals surface area contributed by atoms with Gasteiger partial charge in [0.25, 0.3) is 0 Å². The van der Waals surface area contributed by atoms with E-state index in [9.17, 15) is 9.59 Å². The number of piperidine rings is 1. The molecule has 134 valence electrons. The lowest BCUT2D eigenvalue weighted by molar-refractivity contribution is -0.131. The number of fused-ring (bicyclic) bond motifs is 1. The van der Waals surface area contributed by atoms with Gasteiger partial charge in [-0.2, -0.15) is 0 Å². The van der Waals surface area contributed by atoms with Crippen molar-refractivity contribution in [2.24, 2.45) is 11.8 Å². The van der Waals surface area contributed by atoms with Crippen molar-refractivity contribution in [3.63, 3.8) is 0 Å². The summed E-state index contributed by atoms with van der Waals surface area (Å²) in [5.74, 6) is 1.62. The first-order valence-corrected chi connectivity index (χ1v) is 10.0. The summed E-state index contributed by atoms with van der Waals surface area (Å²) in [6.07, 6.45) is 15.2. The van der Waals surface area contributed by atoms with E-state index in [1.165, 1.54) is 50.6 Å². The predicted molar refractivity (Wildman–Crippen MR) is 95.2 cm³/mol. The SMILES string of the molecule is O=C(CC1CCCC1)NCCCC(=O)N1CCCC2CCCC=C21. The van der Waals surface area contributed by atoms with Gasteiger partial charge in [0.15, 0.2) is 0 Å². The van der Waals surface area contributed by atoms with Gasteiger partial charge in [-0.1, -0.05) is 18.9 Å². The Bertz CT molecular complexity index is 480. The molecule has 0 spiro atoms. The Morgan fingerprint density at radius 3 is 2.71 bits per heavy atom. The average Bonchev–Trinajstić information content (AvgIpc) is 3.11. The zero-order chi connectivity index (χ0) is 16.8. The van der Waals surface area contributed by atoms with Gasteiger partial charge in [0.1, 0.15) is 0 Å². The van der Waals surface area contributed by atoms with E-state index in [2.05, 4.69) is 11.4 Å². The van der Waals surface area contributed by atoms with Crippen molar-refractivity contribution in [2.75, 3.05) is 13.1 Å². The van der Waals surface area contributed by atoms with Crippen LogP contribution in [0.25, 0.3) is 0 Å². The molecule has 2 aliphatic carbocycles. The fourth-order valence-corrected chi connectivity index (χ4v) is 4.60. The predicted octanol–water partition coefficient (Wildman–Crippen LogP) is 3.77. The van der Waals surface area contributed by atoms with Crippen molar-refractivity contribution >= 4 is 11.8 Å². The fraction of sp³-hybridized carbons (Fsp3) is 0.800. The molecule has 1 saturated carbocycles. The van der Waals surface area contributed by atoms with Crippen molar-refractivity contribution in [1.29, 1.82) is 0 Å². The highest BCUT2D eigenvalue weighted by molar-refractivity contribution is 5.79. The summed E-state index contributed by atoms with van der Waals surface area (Å²) in [5, 5.41) is 3.00. The van der Waals surface area contributed by atoms with Crippen LogP contribution in [0, 0.1) is 11.8 Å². The van der Waals surface area contributed by atoms with Crippen LogP contribution in [0.3, 0.4) is 0 Å². The molecule has 0 bridgehead atoms. The van der Waals surface area contributed by atoms with Crippen LogP contribution in [0.4, 0.5) is 0 Å². The molecule has 3 rings (SSSR count). The maximum atomic E-state index is 12.5. The van der Waals surface area contributed by atoms with E-state index in [-0.39, 0.29) is 11.8 Å². The molecule has 2 amide bonds. The van der Waals surface area contributed by atoms with Crippen LogP contribution in [0.2, 0.25) is 0 Å². The van der Waals surface area contributed by atoms with Gasteiger partial charge in [-0.3, -0.25) is 9.59 Å². The van der Waals surface area contributed by atoms with E-state index in [4.69, 9.17) is 0 Å². The third kappa shape index (κ3) is 4.61. The smallest absolute Gasteiger partial charge is 0.226 e. The third-order valence-corrected chi connectivity index (χ3v) is 5.91. The van der Waals surface area contributed by atoms with E-state index >= 15 is 0 Å². The number of hydrogen-bond acceptors (Lipinski definition) is 2. The number of nitrogens with one attached hydrogen (secondary N) is 1. The molecule has 3 aliphatic rings. The minimum atomic E-state index is 0.169. The molecule has 0 aromatic heterocycles. The number of rotatable bonds is 6. The Kier molecular flexibility index (Phi) is 6.33. The number of carbonyl (C=O) groups is 2. The molecule has 4 nitrogen and oxygen atoms in total. The van der Waals surface area contributed by atoms with Crippen molar-refractivity contribution in [3.8, 4) is 0 Å². The largest absolute Gasteiger partial charge is 0.356 e.